The summed E-state index contributed by atoms with van der Waals surface area (Å²) in [7, 11) is 0. The average molecular weight is 385 g/mol. The first-order valence-electron chi connectivity index (χ1n) is 9.79. The van der Waals surface area contributed by atoms with Gasteiger partial charge in [0, 0.05) is 23.6 Å². The van der Waals surface area contributed by atoms with Crippen molar-refractivity contribution >= 4 is 33.3 Å². The Morgan fingerprint density at radius 3 is 2.79 bits per heavy atom. The van der Waals surface area contributed by atoms with E-state index in [1.165, 1.54) is 22.1 Å². The number of hydrogen-bond acceptors (Lipinski definition) is 3. The molecule has 0 fully saturated rings. The van der Waals surface area contributed by atoms with Crippen LogP contribution in [0.5, 0.6) is 0 Å². The average Bonchev–Trinajstić information content (AvgIpc) is 3.36. The Kier molecular flexibility index (Phi) is 3.94. The van der Waals surface area contributed by atoms with Gasteiger partial charge >= 0.3 is 0 Å². The fraction of sp³-hybridized carbons (Fsp3) is 0.217. The van der Waals surface area contributed by atoms with Gasteiger partial charge in [0.05, 0.1) is 23.2 Å². The molecule has 1 aliphatic rings. The standard InChI is InChI=1S/C23H23N5O/c1-13-9-18-19(10-14(13)2)27-23(26-18)21-20(29)12-28(22(21)24)8-7-15-11-25-17-6-4-3-5-16(15)17/h3-6,9-11,24-25,29H,7-8,12H2,1-2H3,(H,26,27). The van der Waals surface area contributed by atoms with Crippen LogP contribution >= 0.6 is 0 Å². The molecule has 4 aromatic rings. The van der Waals surface area contributed by atoms with Gasteiger partial charge in [-0.15, -0.1) is 0 Å². The predicted molar refractivity (Wildman–Crippen MR) is 116 cm³/mol. The van der Waals surface area contributed by atoms with Crippen LogP contribution < -0.4 is 0 Å². The third-order valence-corrected chi connectivity index (χ3v) is 5.84. The molecule has 0 unspecified atom stereocenters. The van der Waals surface area contributed by atoms with E-state index in [4.69, 9.17) is 5.41 Å². The minimum absolute atomic E-state index is 0.196. The number of aryl methyl sites for hydroxylation is 2. The van der Waals surface area contributed by atoms with Gasteiger partial charge in [0.25, 0.3) is 0 Å². The fourth-order valence-corrected chi connectivity index (χ4v) is 4.06. The summed E-state index contributed by atoms with van der Waals surface area (Å²) in [4.78, 5) is 13.1. The van der Waals surface area contributed by atoms with Gasteiger partial charge < -0.3 is 20.0 Å². The molecule has 3 heterocycles. The molecule has 5 rings (SSSR count). The zero-order valence-electron chi connectivity index (χ0n) is 16.5. The number of benzene rings is 2. The number of nitrogens with zero attached hydrogens (tertiary/aromatic N) is 2. The van der Waals surface area contributed by atoms with Gasteiger partial charge in [-0.1, -0.05) is 18.2 Å². The third kappa shape index (κ3) is 2.88. The highest BCUT2D eigenvalue weighted by molar-refractivity contribution is 6.23. The lowest BCUT2D eigenvalue weighted by Crippen LogP contribution is -2.29. The molecule has 6 heteroatoms. The van der Waals surface area contributed by atoms with Crippen molar-refractivity contribution in [3.63, 3.8) is 0 Å². The smallest absolute Gasteiger partial charge is 0.145 e. The van der Waals surface area contributed by atoms with E-state index in [-0.39, 0.29) is 5.76 Å². The van der Waals surface area contributed by atoms with Crippen LogP contribution in [-0.2, 0) is 6.42 Å². The number of nitrogens with one attached hydrogen (secondary N) is 3. The van der Waals surface area contributed by atoms with E-state index in [1.807, 2.05) is 29.3 Å². The van der Waals surface area contributed by atoms with E-state index in [0.717, 1.165) is 23.0 Å². The number of aromatic nitrogens is 3. The zero-order valence-corrected chi connectivity index (χ0v) is 16.5. The lowest BCUT2D eigenvalue weighted by atomic mass is 10.1. The van der Waals surface area contributed by atoms with E-state index < -0.39 is 0 Å². The summed E-state index contributed by atoms with van der Waals surface area (Å²) in [5.74, 6) is 1.07. The van der Waals surface area contributed by atoms with Gasteiger partial charge in [0.2, 0.25) is 0 Å². The van der Waals surface area contributed by atoms with Crippen molar-refractivity contribution in [3.8, 4) is 0 Å². The van der Waals surface area contributed by atoms with E-state index in [0.29, 0.717) is 30.3 Å². The van der Waals surface area contributed by atoms with Crippen LogP contribution in [0.15, 0.2) is 48.4 Å². The van der Waals surface area contributed by atoms with Crippen molar-refractivity contribution in [1.29, 1.82) is 5.41 Å². The third-order valence-electron chi connectivity index (χ3n) is 5.84. The molecule has 2 aromatic heterocycles. The second kappa shape index (κ2) is 6.51. The van der Waals surface area contributed by atoms with Crippen molar-refractivity contribution in [2.24, 2.45) is 0 Å². The van der Waals surface area contributed by atoms with Crippen LogP contribution in [0.25, 0.3) is 27.5 Å². The zero-order chi connectivity index (χ0) is 20.1. The minimum atomic E-state index is 0.196. The Hall–Kier alpha value is -3.54. The fourth-order valence-electron chi connectivity index (χ4n) is 4.06. The number of para-hydroxylation sites is 1. The van der Waals surface area contributed by atoms with Crippen molar-refractivity contribution in [2.45, 2.75) is 20.3 Å². The molecule has 2 aromatic carbocycles. The van der Waals surface area contributed by atoms with Gasteiger partial charge in [0.1, 0.15) is 17.4 Å². The first-order valence-corrected chi connectivity index (χ1v) is 9.79. The van der Waals surface area contributed by atoms with Crippen LogP contribution in [0.4, 0.5) is 0 Å². The molecule has 29 heavy (non-hydrogen) atoms. The molecule has 1 aliphatic heterocycles. The molecule has 0 aliphatic carbocycles. The molecular formula is C23H23N5O. The van der Waals surface area contributed by atoms with E-state index in [9.17, 15) is 5.11 Å². The topological polar surface area (TPSA) is 91.8 Å². The highest BCUT2D eigenvalue weighted by Gasteiger charge is 2.30. The maximum atomic E-state index is 10.6. The number of aliphatic hydroxyl groups excluding tert-OH is 1. The van der Waals surface area contributed by atoms with Crippen LogP contribution in [0, 0.1) is 19.3 Å². The Morgan fingerprint density at radius 1 is 1.14 bits per heavy atom. The first kappa shape index (κ1) is 17.6. The molecule has 146 valence electrons. The van der Waals surface area contributed by atoms with Gasteiger partial charge in [-0.25, -0.2) is 4.98 Å². The number of amidine groups is 1. The van der Waals surface area contributed by atoms with E-state index in [2.05, 4.69) is 47.0 Å². The number of hydrogen-bond donors (Lipinski definition) is 4. The molecular weight excluding hydrogens is 362 g/mol. The number of H-pyrrole nitrogens is 2. The predicted octanol–water partition coefficient (Wildman–Crippen LogP) is 4.47. The second-order valence-electron chi connectivity index (χ2n) is 7.74. The van der Waals surface area contributed by atoms with Crippen LogP contribution in [0.2, 0.25) is 0 Å². The van der Waals surface area contributed by atoms with E-state index in [1.54, 1.807) is 0 Å². The van der Waals surface area contributed by atoms with Gasteiger partial charge in [-0.3, -0.25) is 5.41 Å². The van der Waals surface area contributed by atoms with Gasteiger partial charge in [-0.2, -0.15) is 0 Å². The summed E-state index contributed by atoms with van der Waals surface area (Å²) in [5.41, 5.74) is 6.98. The van der Waals surface area contributed by atoms with Crippen molar-refractivity contribution < 1.29 is 5.11 Å². The Bertz CT molecular complexity index is 1250. The molecule has 0 bridgehead atoms. The Labute approximate surface area is 168 Å². The van der Waals surface area contributed by atoms with Crippen LogP contribution in [0.1, 0.15) is 22.5 Å². The van der Waals surface area contributed by atoms with Crippen molar-refractivity contribution in [2.75, 3.05) is 13.1 Å². The summed E-state index contributed by atoms with van der Waals surface area (Å²) in [5, 5.41) is 20.4. The van der Waals surface area contributed by atoms with Crippen molar-refractivity contribution in [1.82, 2.24) is 19.9 Å². The first-order chi connectivity index (χ1) is 14.0. The molecule has 4 N–H and O–H groups in total. The molecule has 0 saturated carbocycles. The number of rotatable bonds is 4. The molecule has 0 radical (unpaired) electrons. The molecule has 0 amide bonds. The minimum Gasteiger partial charge on any atom is -0.510 e. The van der Waals surface area contributed by atoms with Crippen LogP contribution in [0.3, 0.4) is 0 Å². The van der Waals surface area contributed by atoms with Crippen molar-refractivity contribution in [3.05, 3.63) is 70.9 Å². The SMILES string of the molecule is Cc1cc2nc(C3=C(O)CN(CCc4c[nH]c5ccccc45)C3=N)[nH]c2cc1C. The number of imidazole rings is 1. The maximum absolute atomic E-state index is 10.6. The normalized spacial score (nSPS) is 14.7. The highest BCUT2D eigenvalue weighted by Crippen LogP contribution is 2.28. The quantitative estimate of drug-likeness (QED) is 0.418. The van der Waals surface area contributed by atoms with Gasteiger partial charge in [0.15, 0.2) is 0 Å². The molecule has 6 nitrogen and oxygen atoms in total. The number of aliphatic hydroxyl groups is 1. The molecule has 0 atom stereocenters. The van der Waals surface area contributed by atoms with E-state index >= 15 is 0 Å². The number of fused-ring (bicyclic) bond motifs is 2. The monoisotopic (exact) mass is 385 g/mol. The molecule has 0 spiro atoms. The van der Waals surface area contributed by atoms with Gasteiger partial charge in [-0.05, 0) is 55.2 Å². The molecule has 0 saturated heterocycles. The Balaban J connectivity index is 1.38. The maximum Gasteiger partial charge on any atom is 0.145 e. The number of aromatic amines is 2. The summed E-state index contributed by atoms with van der Waals surface area (Å²) in [6.07, 6.45) is 2.83. The highest BCUT2D eigenvalue weighted by atomic mass is 16.3. The summed E-state index contributed by atoms with van der Waals surface area (Å²) in [6.45, 7) is 5.12. The summed E-state index contributed by atoms with van der Waals surface area (Å²) in [6, 6.07) is 12.3. The summed E-state index contributed by atoms with van der Waals surface area (Å²) < 4.78 is 0. The largest absolute Gasteiger partial charge is 0.510 e. The Morgan fingerprint density at radius 2 is 1.93 bits per heavy atom. The summed E-state index contributed by atoms with van der Waals surface area (Å²) >= 11 is 0. The lowest BCUT2D eigenvalue weighted by molar-refractivity contribution is 0.351. The van der Waals surface area contributed by atoms with Crippen LogP contribution in [-0.4, -0.2) is 43.9 Å². The second-order valence-corrected chi connectivity index (χ2v) is 7.74. The lowest BCUT2D eigenvalue weighted by Gasteiger charge is -2.18.